The molecule has 0 spiro atoms. The maximum Gasteiger partial charge on any atom is 0.255 e. The van der Waals surface area contributed by atoms with Crippen molar-refractivity contribution in [2.75, 3.05) is 23.8 Å². The third kappa shape index (κ3) is 4.35. The molecule has 0 aliphatic rings. The number of nitrogens with one attached hydrogen (secondary N) is 1. The van der Waals surface area contributed by atoms with E-state index >= 15 is 0 Å². The number of hydrogen-bond acceptors (Lipinski definition) is 2. The highest BCUT2D eigenvalue weighted by molar-refractivity contribution is 6.04. The number of carbonyl (C=O) groups excluding carboxylic acids is 1. The molecule has 3 heteroatoms. The van der Waals surface area contributed by atoms with Crippen LogP contribution in [0.5, 0.6) is 0 Å². The van der Waals surface area contributed by atoms with Crippen molar-refractivity contribution in [2.24, 2.45) is 0 Å². The van der Waals surface area contributed by atoms with Gasteiger partial charge < -0.3 is 10.2 Å². The summed E-state index contributed by atoms with van der Waals surface area (Å²) >= 11 is 0. The van der Waals surface area contributed by atoms with Gasteiger partial charge in [0.25, 0.3) is 5.91 Å². The van der Waals surface area contributed by atoms with E-state index in [-0.39, 0.29) is 5.91 Å². The van der Waals surface area contributed by atoms with Crippen LogP contribution in [-0.4, -0.2) is 19.5 Å². The summed E-state index contributed by atoms with van der Waals surface area (Å²) in [6.07, 6.45) is 2.37. The molecule has 1 amide bonds. The molecular formula is C18H22N2O. The number of unbranched alkanes of at least 4 members (excludes halogenated alkanes) is 1. The van der Waals surface area contributed by atoms with Crippen LogP contribution in [0.2, 0.25) is 0 Å². The Morgan fingerprint density at radius 1 is 1.05 bits per heavy atom. The van der Waals surface area contributed by atoms with Gasteiger partial charge in [0.1, 0.15) is 0 Å². The first kappa shape index (κ1) is 15.1. The Balaban J connectivity index is 1.98. The highest BCUT2D eigenvalue weighted by Crippen LogP contribution is 2.18. The molecule has 0 heterocycles. The minimum atomic E-state index is -0.0808. The Hall–Kier alpha value is -2.29. The van der Waals surface area contributed by atoms with Crippen molar-refractivity contribution in [1.29, 1.82) is 0 Å². The molecule has 21 heavy (non-hydrogen) atoms. The monoisotopic (exact) mass is 282 g/mol. The van der Waals surface area contributed by atoms with Crippen LogP contribution in [0, 0.1) is 0 Å². The normalized spacial score (nSPS) is 10.2. The van der Waals surface area contributed by atoms with E-state index in [0.29, 0.717) is 5.56 Å². The van der Waals surface area contributed by atoms with E-state index in [2.05, 4.69) is 24.2 Å². The summed E-state index contributed by atoms with van der Waals surface area (Å²) in [5, 5.41) is 2.91. The first-order valence-electron chi connectivity index (χ1n) is 7.38. The number of carbonyl (C=O) groups is 1. The van der Waals surface area contributed by atoms with E-state index in [4.69, 9.17) is 0 Å². The molecule has 2 rings (SSSR count). The molecule has 110 valence electrons. The van der Waals surface area contributed by atoms with Gasteiger partial charge in [0.05, 0.1) is 0 Å². The molecular weight excluding hydrogens is 260 g/mol. The molecule has 0 saturated carbocycles. The minimum Gasteiger partial charge on any atom is -0.375 e. The largest absolute Gasteiger partial charge is 0.375 e. The van der Waals surface area contributed by atoms with Crippen molar-refractivity contribution in [2.45, 2.75) is 19.8 Å². The van der Waals surface area contributed by atoms with Crippen molar-refractivity contribution in [3.8, 4) is 0 Å². The fourth-order valence-corrected chi connectivity index (χ4v) is 2.12. The summed E-state index contributed by atoms with van der Waals surface area (Å²) in [5.41, 5.74) is 2.65. The maximum absolute atomic E-state index is 12.1. The molecule has 0 unspecified atom stereocenters. The lowest BCUT2D eigenvalue weighted by molar-refractivity contribution is 0.102. The van der Waals surface area contributed by atoms with Gasteiger partial charge >= 0.3 is 0 Å². The van der Waals surface area contributed by atoms with Gasteiger partial charge in [-0.3, -0.25) is 4.79 Å². The van der Waals surface area contributed by atoms with Crippen molar-refractivity contribution in [3.05, 3.63) is 60.2 Å². The molecule has 0 saturated heterocycles. The standard InChI is InChI=1S/C18H22N2O/c1-3-4-14-20(2)17-12-10-16(11-13-17)19-18(21)15-8-6-5-7-9-15/h5-13H,3-4,14H2,1-2H3,(H,19,21). The van der Waals surface area contributed by atoms with Crippen molar-refractivity contribution >= 4 is 17.3 Å². The van der Waals surface area contributed by atoms with Crippen LogP contribution in [0.25, 0.3) is 0 Å². The zero-order valence-electron chi connectivity index (χ0n) is 12.7. The molecule has 0 aliphatic heterocycles. The van der Waals surface area contributed by atoms with Crippen molar-refractivity contribution < 1.29 is 4.79 Å². The van der Waals surface area contributed by atoms with E-state index < -0.39 is 0 Å². The smallest absolute Gasteiger partial charge is 0.255 e. The van der Waals surface area contributed by atoms with Crippen LogP contribution in [0.4, 0.5) is 11.4 Å². The zero-order chi connectivity index (χ0) is 15.1. The van der Waals surface area contributed by atoms with Gasteiger partial charge in [0, 0.05) is 30.5 Å². The first-order valence-corrected chi connectivity index (χ1v) is 7.38. The van der Waals surface area contributed by atoms with Crippen LogP contribution in [0.3, 0.4) is 0 Å². The average molecular weight is 282 g/mol. The molecule has 1 N–H and O–H groups in total. The molecule has 0 atom stereocenters. The molecule has 0 fully saturated rings. The molecule has 3 nitrogen and oxygen atoms in total. The van der Waals surface area contributed by atoms with Gasteiger partial charge in [-0.05, 0) is 42.8 Å². The Morgan fingerprint density at radius 2 is 1.71 bits per heavy atom. The van der Waals surface area contributed by atoms with E-state index in [1.165, 1.54) is 18.5 Å². The van der Waals surface area contributed by atoms with Gasteiger partial charge in [0.15, 0.2) is 0 Å². The van der Waals surface area contributed by atoms with Gasteiger partial charge in [-0.1, -0.05) is 31.5 Å². The topological polar surface area (TPSA) is 32.3 Å². The number of rotatable bonds is 6. The van der Waals surface area contributed by atoms with Crippen LogP contribution in [0.15, 0.2) is 54.6 Å². The summed E-state index contributed by atoms with van der Waals surface area (Å²) in [6.45, 7) is 3.24. The minimum absolute atomic E-state index is 0.0808. The average Bonchev–Trinajstić information content (AvgIpc) is 2.54. The van der Waals surface area contributed by atoms with E-state index in [1.54, 1.807) is 0 Å². The van der Waals surface area contributed by atoms with Gasteiger partial charge in [-0.2, -0.15) is 0 Å². The van der Waals surface area contributed by atoms with E-state index in [1.807, 2.05) is 54.6 Å². The molecule has 0 aromatic heterocycles. The highest BCUT2D eigenvalue weighted by Gasteiger charge is 2.05. The predicted molar refractivity (Wildman–Crippen MR) is 89.0 cm³/mol. The predicted octanol–water partition coefficient (Wildman–Crippen LogP) is 4.18. The molecule has 0 aliphatic carbocycles. The first-order chi connectivity index (χ1) is 10.2. The zero-order valence-corrected chi connectivity index (χ0v) is 12.7. The lowest BCUT2D eigenvalue weighted by Gasteiger charge is -2.19. The Morgan fingerprint density at radius 3 is 2.33 bits per heavy atom. The third-order valence-corrected chi connectivity index (χ3v) is 3.45. The lowest BCUT2D eigenvalue weighted by atomic mass is 10.2. The van der Waals surface area contributed by atoms with Gasteiger partial charge in [-0.15, -0.1) is 0 Å². The maximum atomic E-state index is 12.1. The summed E-state index contributed by atoms with van der Waals surface area (Å²) in [4.78, 5) is 14.3. The van der Waals surface area contributed by atoms with Crippen LogP contribution in [0.1, 0.15) is 30.1 Å². The van der Waals surface area contributed by atoms with Crippen LogP contribution < -0.4 is 10.2 Å². The second-order valence-corrected chi connectivity index (χ2v) is 5.14. The summed E-state index contributed by atoms with van der Waals surface area (Å²) in [6, 6.07) is 17.2. The number of hydrogen-bond donors (Lipinski definition) is 1. The van der Waals surface area contributed by atoms with Crippen molar-refractivity contribution in [1.82, 2.24) is 0 Å². The van der Waals surface area contributed by atoms with E-state index in [0.717, 1.165) is 12.2 Å². The molecule has 2 aromatic rings. The van der Waals surface area contributed by atoms with Crippen LogP contribution in [-0.2, 0) is 0 Å². The summed E-state index contributed by atoms with van der Waals surface area (Å²) in [7, 11) is 2.09. The second-order valence-electron chi connectivity index (χ2n) is 5.14. The van der Waals surface area contributed by atoms with Crippen molar-refractivity contribution in [3.63, 3.8) is 0 Å². The Kier molecular flexibility index (Phi) is 5.38. The van der Waals surface area contributed by atoms with Crippen LogP contribution >= 0.6 is 0 Å². The Bertz CT molecular complexity index is 564. The van der Waals surface area contributed by atoms with Gasteiger partial charge in [0.2, 0.25) is 0 Å². The molecule has 0 bridgehead atoms. The number of anilines is 2. The molecule has 2 aromatic carbocycles. The SMILES string of the molecule is CCCCN(C)c1ccc(NC(=O)c2ccccc2)cc1. The molecule has 0 radical (unpaired) electrons. The third-order valence-electron chi connectivity index (χ3n) is 3.45. The fraction of sp³-hybridized carbons (Fsp3) is 0.278. The second kappa shape index (κ2) is 7.48. The fourth-order valence-electron chi connectivity index (χ4n) is 2.12. The lowest BCUT2D eigenvalue weighted by Crippen LogP contribution is -2.18. The Labute approximate surface area is 126 Å². The number of amides is 1. The summed E-state index contributed by atoms with van der Waals surface area (Å²) in [5.74, 6) is -0.0808. The quantitative estimate of drug-likeness (QED) is 0.862. The highest BCUT2D eigenvalue weighted by atomic mass is 16.1. The summed E-state index contributed by atoms with van der Waals surface area (Å²) < 4.78 is 0. The van der Waals surface area contributed by atoms with Gasteiger partial charge in [-0.25, -0.2) is 0 Å². The number of benzene rings is 2. The number of nitrogens with zero attached hydrogens (tertiary/aromatic N) is 1. The van der Waals surface area contributed by atoms with E-state index in [9.17, 15) is 4.79 Å².